The maximum Gasteiger partial charge on any atom is 0.407 e. The number of carbonyl (C=O) groups is 2. The van der Waals surface area contributed by atoms with Crippen LogP contribution in [0.15, 0.2) is 16.7 Å². The van der Waals surface area contributed by atoms with Crippen molar-refractivity contribution in [3.63, 3.8) is 0 Å². The number of amides is 2. The maximum absolute atomic E-state index is 12.3. The molecule has 2 aromatic rings. The minimum atomic E-state index is -0.376. The monoisotopic (exact) mass is 429 g/mol. The number of carbonyl (C=O) groups excluding carboxylic acids is 2. The molecule has 2 aliphatic carbocycles. The van der Waals surface area contributed by atoms with Crippen LogP contribution in [0.25, 0.3) is 0 Å². The van der Waals surface area contributed by atoms with Crippen molar-refractivity contribution < 1.29 is 18.7 Å². The highest BCUT2D eigenvalue weighted by Gasteiger charge is 2.30. The van der Waals surface area contributed by atoms with Crippen LogP contribution in [-0.2, 0) is 16.0 Å². The fourth-order valence-electron chi connectivity index (χ4n) is 3.93. The second-order valence-electron chi connectivity index (χ2n) is 9.73. The van der Waals surface area contributed by atoms with Gasteiger partial charge >= 0.3 is 6.09 Å². The Balaban J connectivity index is 1.22. The average molecular weight is 430 g/mol. The number of oxazole rings is 1. The molecule has 0 aliphatic heterocycles. The zero-order valence-electron chi connectivity index (χ0n) is 18.4. The first kappa shape index (κ1) is 21.4. The van der Waals surface area contributed by atoms with Gasteiger partial charge in [-0.3, -0.25) is 9.89 Å². The zero-order valence-corrected chi connectivity index (χ0v) is 18.4. The van der Waals surface area contributed by atoms with Gasteiger partial charge in [-0.05, 0) is 58.8 Å². The van der Waals surface area contributed by atoms with Crippen molar-refractivity contribution >= 4 is 17.8 Å². The fourth-order valence-corrected chi connectivity index (χ4v) is 3.93. The molecule has 0 radical (unpaired) electrons. The van der Waals surface area contributed by atoms with Crippen molar-refractivity contribution in [1.29, 1.82) is 0 Å². The van der Waals surface area contributed by atoms with Gasteiger partial charge in [-0.15, -0.1) is 0 Å². The topological polar surface area (TPSA) is 122 Å². The number of nitrogens with zero attached hydrogens (tertiary/aromatic N) is 2. The van der Waals surface area contributed by atoms with Crippen LogP contribution in [0, 0.1) is 5.92 Å². The summed E-state index contributed by atoms with van der Waals surface area (Å²) >= 11 is 0. The Morgan fingerprint density at radius 2 is 2.00 bits per heavy atom. The first-order valence-corrected chi connectivity index (χ1v) is 11.0. The second kappa shape index (κ2) is 8.72. The van der Waals surface area contributed by atoms with Crippen molar-refractivity contribution in [2.75, 3.05) is 11.9 Å². The third kappa shape index (κ3) is 6.08. The molecule has 2 amide bonds. The van der Waals surface area contributed by atoms with Gasteiger partial charge in [-0.1, -0.05) is 0 Å². The lowest BCUT2D eigenvalue weighted by atomic mass is 10.0. The van der Waals surface area contributed by atoms with Crippen LogP contribution in [0.2, 0.25) is 0 Å². The van der Waals surface area contributed by atoms with Crippen molar-refractivity contribution in [2.45, 2.75) is 76.7 Å². The van der Waals surface area contributed by atoms with Gasteiger partial charge in [0, 0.05) is 29.1 Å². The van der Waals surface area contributed by atoms with Crippen LogP contribution in [0.1, 0.15) is 82.0 Å². The van der Waals surface area contributed by atoms with E-state index in [2.05, 4.69) is 25.8 Å². The Hall–Kier alpha value is -2.84. The Kier molecular flexibility index (Phi) is 6.02. The summed E-state index contributed by atoms with van der Waals surface area (Å²) in [6.45, 7) is 6.18. The van der Waals surface area contributed by atoms with Crippen molar-refractivity contribution in [1.82, 2.24) is 20.5 Å². The van der Waals surface area contributed by atoms with Gasteiger partial charge in [-0.25, -0.2) is 9.78 Å². The molecular weight excluding hydrogens is 398 g/mol. The van der Waals surface area contributed by atoms with Gasteiger partial charge in [0.15, 0.2) is 11.7 Å². The van der Waals surface area contributed by atoms with Crippen LogP contribution in [0.4, 0.5) is 10.6 Å². The molecule has 168 valence electrons. The Morgan fingerprint density at radius 1 is 1.23 bits per heavy atom. The molecule has 2 heterocycles. The molecular formula is C22H31N5O4. The lowest BCUT2D eigenvalue weighted by molar-refractivity contribution is -0.115. The van der Waals surface area contributed by atoms with E-state index >= 15 is 0 Å². The first-order valence-electron chi connectivity index (χ1n) is 11.0. The highest BCUT2D eigenvalue weighted by Crippen LogP contribution is 2.39. The number of H-pyrrole nitrogens is 1. The summed E-state index contributed by atoms with van der Waals surface area (Å²) < 4.78 is 10.8. The molecule has 9 nitrogen and oxygen atoms in total. The van der Waals surface area contributed by atoms with Crippen LogP contribution < -0.4 is 10.6 Å². The summed E-state index contributed by atoms with van der Waals surface area (Å²) in [5.74, 6) is 2.14. The number of ether oxygens (including phenoxy) is 1. The summed E-state index contributed by atoms with van der Waals surface area (Å²) in [6, 6.07) is 1.89. The fraction of sp³-hybridized carbons (Fsp3) is 0.636. The normalized spacial score (nSPS) is 21.1. The highest BCUT2D eigenvalue weighted by molar-refractivity contribution is 5.91. The molecule has 0 aromatic carbocycles. The highest BCUT2D eigenvalue weighted by atomic mass is 16.5. The lowest BCUT2D eigenvalue weighted by Gasteiger charge is -2.20. The molecule has 2 atom stereocenters. The first-order chi connectivity index (χ1) is 14.7. The number of alkyl carbamates (subject to hydrolysis) is 1. The molecule has 0 bridgehead atoms. The molecule has 2 fully saturated rings. The third-order valence-electron chi connectivity index (χ3n) is 5.61. The smallest absolute Gasteiger partial charge is 0.407 e. The van der Waals surface area contributed by atoms with Gasteiger partial charge in [-0.2, -0.15) is 5.10 Å². The summed E-state index contributed by atoms with van der Waals surface area (Å²) in [4.78, 5) is 28.5. The second-order valence-corrected chi connectivity index (χ2v) is 9.73. The molecule has 2 saturated carbocycles. The summed E-state index contributed by atoms with van der Waals surface area (Å²) in [6.07, 6.45) is 6.47. The molecule has 0 spiro atoms. The average Bonchev–Trinajstić information content (AvgIpc) is 3.06. The molecule has 2 aliphatic rings. The van der Waals surface area contributed by atoms with Crippen LogP contribution in [0.3, 0.4) is 0 Å². The number of aromatic amines is 1. The summed E-state index contributed by atoms with van der Waals surface area (Å²) in [5, 5.41) is 12.9. The van der Waals surface area contributed by atoms with Gasteiger partial charge in [0.25, 0.3) is 0 Å². The third-order valence-corrected chi connectivity index (χ3v) is 5.61. The van der Waals surface area contributed by atoms with E-state index in [1.54, 1.807) is 6.26 Å². The van der Waals surface area contributed by atoms with E-state index in [0.29, 0.717) is 35.9 Å². The number of anilines is 1. The van der Waals surface area contributed by atoms with Gasteiger partial charge in [0.1, 0.15) is 6.26 Å². The number of hydrogen-bond donors (Lipinski definition) is 3. The van der Waals surface area contributed by atoms with Crippen LogP contribution in [0.5, 0.6) is 0 Å². The lowest BCUT2D eigenvalue weighted by Crippen LogP contribution is -2.41. The van der Waals surface area contributed by atoms with Crippen LogP contribution in [-0.4, -0.2) is 39.3 Å². The van der Waals surface area contributed by atoms with Gasteiger partial charge < -0.3 is 19.8 Å². The van der Waals surface area contributed by atoms with Crippen molar-refractivity contribution in [3.05, 3.63) is 29.6 Å². The van der Waals surface area contributed by atoms with E-state index < -0.39 is 0 Å². The minimum Gasteiger partial charge on any atom is -0.449 e. The molecule has 4 rings (SSSR count). The maximum atomic E-state index is 12.3. The Bertz CT molecular complexity index is 924. The van der Waals surface area contributed by atoms with E-state index in [1.165, 1.54) is 0 Å². The quantitative estimate of drug-likeness (QED) is 0.614. The molecule has 0 saturated heterocycles. The zero-order chi connectivity index (χ0) is 22.0. The van der Waals surface area contributed by atoms with E-state index in [9.17, 15) is 9.59 Å². The molecule has 31 heavy (non-hydrogen) atoms. The van der Waals surface area contributed by atoms with E-state index in [1.807, 2.05) is 26.8 Å². The van der Waals surface area contributed by atoms with Crippen molar-refractivity contribution in [3.8, 4) is 0 Å². The number of rotatable bonds is 7. The number of aromatic nitrogens is 3. The van der Waals surface area contributed by atoms with E-state index in [4.69, 9.17) is 9.15 Å². The molecule has 3 N–H and O–H groups in total. The molecule has 0 unspecified atom stereocenters. The van der Waals surface area contributed by atoms with Crippen molar-refractivity contribution in [2.24, 2.45) is 5.92 Å². The van der Waals surface area contributed by atoms with E-state index in [0.717, 1.165) is 43.7 Å². The molecule has 9 heteroatoms. The van der Waals surface area contributed by atoms with Gasteiger partial charge in [0.05, 0.1) is 18.7 Å². The standard InChI is InChI=1S/C22H31N5O4/c1-22(2,3)25-21(29)31-11-13-4-5-15(8-13)17-10-18(27-26-17)24-19(28)9-16-12-30-20(23-16)14-6-7-14/h10,12-15H,4-9,11H2,1-3H3,(H,25,29)(H2,24,26,27,28)/t13-,15+/m1/s1. The molecule has 2 aromatic heterocycles. The van der Waals surface area contributed by atoms with Gasteiger partial charge in [0.2, 0.25) is 5.91 Å². The predicted molar refractivity (Wildman–Crippen MR) is 114 cm³/mol. The minimum absolute atomic E-state index is 0.165. The SMILES string of the molecule is CC(C)(C)NC(=O)OC[C@@H]1CC[C@H](c2cc(NC(=O)Cc3coc(C4CC4)n3)n[nH]2)C1. The predicted octanol–water partition coefficient (Wildman–Crippen LogP) is 3.86. The Morgan fingerprint density at radius 3 is 2.74 bits per heavy atom. The number of nitrogens with one attached hydrogen (secondary N) is 3. The summed E-state index contributed by atoms with van der Waals surface area (Å²) in [7, 11) is 0. The largest absolute Gasteiger partial charge is 0.449 e. The number of hydrogen-bond acceptors (Lipinski definition) is 6. The van der Waals surface area contributed by atoms with Crippen LogP contribution >= 0.6 is 0 Å². The van der Waals surface area contributed by atoms with E-state index in [-0.39, 0.29) is 24.0 Å². The Labute approximate surface area is 181 Å². The summed E-state index contributed by atoms with van der Waals surface area (Å²) in [5.41, 5.74) is 1.33.